The maximum Gasteiger partial charge on any atom is 0.162 e. The average molecular weight is 531 g/mol. The first-order valence-corrected chi connectivity index (χ1v) is 13.2. The van der Waals surface area contributed by atoms with Crippen molar-refractivity contribution in [3.8, 4) is 0 Å². The van der Waals surface area contributed by atoms with Gasteiger partial charge in [0, 0.05) is 34.4 Å². The Hall–Kier alpha value is -2.79. The molecule has 0 amide bonds. The van der Waals surface area contributed by atoms with Crippen LogP contribution < -0.4 is 0 Å². The van der Waals surface area contributed by atoms with Crippen molar-refractivity contribution >= 4 is 28.2 Å². The van der Waals surface area contributed by atoms with Gasteiger partial charge in [0.15, 0.2) is 11.6 Å². The van der Waals surface area contributed by atoms with Gasteiger partial charge in [-0.1, -0.05) is 69.5 Å². The van der Waals surface area contributed by atoms with E-state index in [1.807, 2.05) is 33.0 Å². The zero-order valence-corrected chi connectivity index (χ0v) is 23.5. The van der Waals surface area contributed by atoms with Gasteiger partial charge in [0.2, 0.25) is 0 Å². The van der Waals surface area contributed by atoms with Gasteiger partial charge in [-0.25, -0.2) is 13.2 Å². The molecular formula is C31H38ClF3N2. The number of fused-ring (bicyclic) bond motifs is 1. The monoisotopic (exact) mass is 530 g/mol. The number of rotatable bonds is 9. The number of nitrogens with one attached hydrogen (secondary N) is 1. The number of aromatic amines is 1. The molecule has 1 N–H and O–H groups in total. The number of hydrogen-bond acceptors (Lipinski definition) is 1. The normalized spacial score (nSPS) is 12.6. The number of halogens is 4. The zero-order chi connectivity index (χ0) is 27.7. The molecule has 0 aliphatic rings. The van der Waals surface area contributed by atoms with E-state index >= 15 is 0 Å². The van der Waals surface area contributed by atoms with Crippen molar-refractivity contribution in [1.82, 2.24) is 4.98 Å². The van der Waals surface area contributed by atoms with Crippen LogP contribution in [-0.2, 0) is 6.42 Å². The average Bonchev–Trinajstić information content (AvgIpc) is 3.18. The molecule has 0 radical (unpaired) electrons. The summed E-state index contributed by atoms with van der Waals surface area (Å²) >= 11 is 5.96. The lowest BCUT2D eigenvalue weighted by Crippen LogP contribution is -2.05. The number of H-pyrrole nitrogens is 1. The van der Waals surface area contributed by atoms with E-state index in [1.54, 1.807) is 18.2 Å². The molecule has 3 rings (SSSR count). The third kappa shape index (κ3) is 8.10. The first-order valence-electron chi connectivity index (χ1n) is 12.8. The summed E-state index contributed by atoms with van der Waals surface area (Å²) in [6.07, 6.45) is 8.66. The highest BCUT2D eigenvalue weighted by molar-refractivity contribution is 6.31. The van der Waals surface area contributed by atoms with Crippen LogP contribution in [-0.4, -0.2) is 10.7 Å². The first kappa shape index (κ1) is 30.4. The molecule has 0 saturated heterocycles. The summed E-state index contributed by atoms with van der Waals surface area (Å²) in [5.74, 6) is -2.56. The van der Waals surface area contributed by atoms with Gasteiger partial charge < -0.3 is 4.98 Å². The van der Waals surface area contributed by atoms with Crippen LogP contribution in [0.25, 0.3) is 10.9 Å². The highest BCUT2D eigenvalue weighted by atomic mass is 35.5. The van der Waals surface area contributed by atoms with E-state index < -0.39 is 23.4 Å². The van der Waals surface area contributed by atoms with Gasteiger partial charge in [-0.2, -0.15) is 0 Å². The van der Waals surface area contributed by atoms with Crippen LogP contribution in [0.5, 0.6) is 0 Å². The van der Waals surface area contributed by atoms with E-state index in [0.717, 1.165) is 54.3 Å². The Morgan fingerprint density at radius 1 is 1.11 bits per heavy atom. The Morgan fingerprint density at radius 3 is 2.43 bits per heavy atom. The topological polar surface area (TPSA) is 28.1 Å². The molecule has 1 heterocycles. The van der Waals surface area contributed by atoms with E-state index in [-0.39, 0.29) is 16.1 Å². The number of unbranched alkanes of at least 4 members (excludes halogenated alkanes) is 1. The molecule has 0 fully saturated rings. The predicted octanol–water partition coefficient (Wildman–Crippen LogP) is 10.4. The fourth-order valence-electron chi connectivity index (χ4n) is 4.13. The number of hydrogen-bond donors (Lipinski definition) is 1. The quantitative estimate of drug-likeness (QED) is 0.210. The molecule has 37 heavy (non-hydrogen) atoms. The molecular weight excluding hydrogens is 493 g/mol. The Morgan fingerprint density at radius 2 is 1.81 bits per heavy atom. The Bertz CT molecular complexity index is 1290. The number of allylic oxidation sites excluding steroid dienone is 2. The van der Waals surface area contributed by atoms with E-state index in [4.69, 9.17) is 11.6 Å². The third-order valence-electron chi connectivity index (χ3n) is 6.23. The molecule has 1 atom stereocenters. The maximum atomic E-state index is 14.5. The van der Waals surface area contributed by atoms with Crippen molar-refractivity contribution < 1.29 is 13.2 Å². The highest BCUT2D eigenvalue weighted by Crippen LogP contribution is 2.36. The number of aryl methyl sites for hydroxylation is 2. The lowest BCUT2D eigenvalue weighted by Gasteiger charge is -2.15. The molecule has 6 heteroatoms. The van der Waals surface area contributed by atoms with E-state index in [2.05, 4.69) is 30.4 Å². The largest absolute Gasteiger partial charge is 0.358 e. The standard InChI is InChI=1S/C21H21ClF3N.C10H17N/c1-4-5-6-14-15-9-16(22)17(23)10-18(15)26-21(14)12(3)13-8-7-11(2)19(24)20(13)25;1-5-6-10(4)11-8-7-9(2)3/h7-10,12,26H,4-6H2,1-3H3;7-8H,2,5-6H2,1,3-4H3/b;8-7-,11-10?. The van der Waals surface area contributed by atoms with Crippen LogP contribution in [0.1, 0.15) is 88.6 Å². The van der Waals surface area contributed by atoms with Gasteiger partial charge in [-0.05, 0) is 74.9 Å². The smallest absolute Gasteiger partial charge is 0.162 e. The van der Waals surface area contributed by atoms with Crippen molar-refractivity contribution in [2.75, 3.05) is 0 Å². The molecule has 0 saturated carbocycles. The second-order valence-corrected chi connectivity index (χ2v) is 9.94. The summed E-state index contributed by atoms with van der Waals surface area (Å²) in [5.41, 5.74) is 5.16. The van der Waals surface area contributed by atoms with E-state index in [9.17, 15) is 13.2 Å². The molecule has 2 aromatic carbocycles. The number of aliphatic imine (C=N–C) groups is 1. The summed E-state index contributed by atoms with van der Waals surface area (Å²) in [6, 6.07) is 6.15. The molecule has 200 valence electrons. The van der Waals surface area contributed by atoms with E-state index in [1.165, 1.54) is 18.7 Å². The van der Waals surface area contributed by atoms with Gasteiger partial charge in [0.1, 0.15) is 5.82 Å². The summed E-state index contributed by atoms with van der Waals surface area (Å²) < 4.78 is 42.4. The van der Waals surface area contributed by atoms with Crippen LogP contribution in [0, 0.1) is 24.4 Å². The minimum Gasteiger partial charge on any atom is -0.358 e. The number of aromatic nitrogens is 1. The number of benzene rings is 2. The molecule has 2 nitrogen and oxygen atoms in total. The minimum atomic E-state index is -0.832. The Kier molecular flexibility index (Phi) is 11.7. The van der Waals surface area contributed by atoms with Gasteiger partial charge in [0.25, 0.3) is 0 Å². The molecule has 0 aliphatic carbocycles. The van der Waals surface area contributed by atoms with Crippen LogP contribution >= 0.6 is 11.6 Å². The van der Waals surface area contributed by atoms with Crippen molar-refractivity contribution in [3.63, 3.8) is 0 Å². The molecule has 1 aromatic heterocycles. The van der Waals surface area contributed by atoms with Crippen LogP contribution in [0.3, 0.4) is 0 Å². The van der Waals surface area contributed by atoms with Crippen LogP contribution in [0.2, 0.25) is 5.02 Å². The van der Waals surface area contributed by atoms with Crippen LogP contribution in [0.4, 0.5) is 13.2 Å². The minimum absolute atomic E-state index is 0.0565. The van der Waals surface area contributed by atoms with Gasteiger partial charge in [-0.15, -0.1) is 0 Å². The van der Waals surface area contributed by atoms with Crippen molar-refractivity contribution in [2.24, 2.45) is 4.99 Å². The molecule has 0 bridgehead atoms. The molecule has 1 unspecified atom stereocenters. The van der Waals surface area contributed by atoms with Crippen molar-refractivity contribution in [1.29, 1.82) is 0 Å². The van der Waals surface area contributed by atoms with Crippen molar-refractivity contribution in [2.45, 2.75) is 79.6 Å². The van der Waals surface area contributed by atoms with Crippen LogP contribution in [0.15, 0.2) is 53.7 Å². The lowest BCUT2D eigenvalue weighted by atomic mass is 9.91. The predicted molar refractivity (Wildman–Crippen MR) is 152 cm³/mol. The second kappa shape index (κ2) is 14.2. The molecule has 0 spiro atoms. The third-order valence-corrected chi connectivity index (χ3v) is 6.52. The molecule has 3 aromatic rings. The lowest BCUT2D eigenvalue weighted by molar-refractivity contribution is 0.490. The van der Waals surface area contributed by atoms with Gasteiger partial charge in [0.05, 0.1) is 5.02 Å². The summed E-state index contributed by atoms with van der Waals surface area (Å²) in [4.78, 5) is 7.44. The summed E-state index contributed by atoms with van der Waals surface area (Å²) in [5, 5.41) is 0.890. The Balaban J connectivity index is 0.000000371. The van der Waals surface area contributed by atoms with Crippen molar-refractivity contribution in [3.05, 3.63) is 93.6 Å². The maximum absolute atomic E-state index is 14.5. The molecule has 0 aliphatic heterocycles. The first-order chi connectivity index (χ1) is 17.5. The summed E-state index contributed by atoms with van der Waals surface area (Å²) in [7, 11) is 0. The Labute approximate surface area is 224 Å². The SMILES string of the molecule is C=C(C)/C=C\N=C(C)CCC.CCCCc1c(C(C)c2ccc(C)c(F)c2F)[nH]c2cc(F)c(Cl)cc12. The fraction of sp³-hybridized carbons (Fsp3) is 0.387. The van der Waals surface area contributed by atoms with E-state index in [0.29, 0.717) is 5.52 Å². The zero-order valence-electron chi connectivity index (χ0n) is 22.7. The number of nitrogens with zero attached hydrogens (tertiary/aromatic N) is 1. The fourth-order valence-corrected chi connectivity index (χ4v) is 4.29. The van der Waals surface area contributed by atoms with Gasteiger partial charge in [-0.3, -0.25) is 4.99 Å². The highest BCUT2D eigenvalue weighted by Gasteiger charge is 2.23. The second-order valence-electron chi connectivity index (χ2n) is 9.53. The summed E-state index contributed by atoms with van der Waals surface area (Å²) in [6.45, 7) is 15.3. The van der Waals surface area contributed by atoms with Gasteiger partial charge >= 0.3 is 0 Å².